The number of anilines is 4. The van der Waals surface area contributed by atoms with Crippen molar-refractivity contribution < 1.29 is 13.5 Å². The van der Waals surface area contributed by atoms with Gasteiger partial charge in [0.05, 0.1) is 24.4 Å². The third kappa shape index (κ3) is 6.59. The first-order valence-corrected chi connectivity index (χ1v) is 13.0. The normalized spacial score (nSPS) is 13.0. The van der Waals surface area contributed by atoms with Crippen LogP contribution in [0.25, 0.3) is 22.0 Å². The van der Waals surface area contributed by atoms with E-state index in [0.717, 1.165) is 72.0 Å². The molecule has 0 bridgehead atoms. The Bertz CT molecular complexity index is 1710. The Labute approximate surface area is 235 Å². The van der Waals surface area contributed by atoms with Gasteiger partial charge in [-0.3, -0.25) is 4.79 Å². The lowest BCUT2D eigenvalue weighted by Gasteiger charge is -2.29. The molecule has 0 unspecified atom stereocenters. The minimum Gasteiger partial charge on any atom is -0.394 e. The summed E-state index contributed by atoms with van der Waals surface area (Å²) >= 11 is 3.70. The number of hydrogen-bond acceptors (Lipinski definition) is 7. The average molecular weight is 560 g/mol. The molecule has 5 aromatic rings. The minimum atomic E-state index is -0.627. The van der Waals surface area contributed by atoms with Crippen LogP contribution in [0.15, 0.2) is 94.7 Å². The van der Waals surface area contributed by atoms with Gasteiger partial charge in [-0.15, -0.1) is 12.6 Å². The molecule has 0 aliphatic carbocycles. The number of nitrogens with one attached hydrogen (secondary N) is 2. The van der Waals surface area contributed by atoms with Crippen LogP contribution in [0.3, 0.4) is 0 Å². The highest BCUT2D eigenvalue weighted by Gasteiger charge is 2.12. The number of pyridine rings is 2. The molecule has 7 nitrogen and oxygen atoms in total. The van der Waals surface area contributed by atoms with Gasteiger partial charge >= 0.3 is 0 Å². The summed E-state index contributed by atoms with van der Waals surface area (Å²) in [5, 5.41) is 4.42. The molecule has 3 heterocycles. The zero-order valence-corrected chi connectivity index (χ0v) is 22.3. The van der Waals surface area contributed by atoms with Gasteiger partial charge in [0.1, 0.15) is 17.5 Å². The molecule has 6 rings (SSSR count). The van der Waals surface area contributed by atoms with E-state index in [9.17, 15) is 13.6 Å². The van der Waals surface area contributed by atoms with Crippen LogP contribution in [0.2, 0.25) is 0 Å². The van der Waals surface area contributed by atoms with Crippen molar-refractivity contribution in [3.05, 3.63) is 107 Å². The van der Waals surface area contributed by atoms with E-state index in [-0.39, 0.29) is 16.1 Å². The van der Waals surface area contributed by atoms with Crippen LogP contribution in [-0.4, -0.2) is 36.3 Å². The van der Waals surface area contributed by atoms with Gasteiger partial charge in [-0.1, -0.05) is 12.1 Å². The summed E-state index contributed by atoms with van der Waals surface area (Å²) in [6, 6.07) is 23.3. The standard InChI is InChI=1S/C24H23N5O2.C6H4F2S/c25-21-13-18(15-26-24(21)30)16-4-6-22-17(12-16)5-7-23(28-22)27-19-2-1-3-20(14-19)29-8-10-31-11-9-29;7-4-1-2-6(9)5(8)3-4/h1-7,12-15H,8-11,25H2,(H,26,30)(H,27,28);1-3,9H. The van der Waals surface area contributed by atoms with Crippen molar-refractivity contribution in [2.45, 2.75) is 4.90 Å². The van der Waals surface area contributed by atoms with E-state index in [1.807, 2.05) is 36.4 Å². The Morgan fingerprint density at radius 1 is 0.950 bits per heavy atom. The van der Waals surface area contributed by atoms with Gasteiger partial charge in [-0.25, -0.2) is 13.8 Å². The minimum absolute atomic E-state index is 0.163. The average Bonchev–Trinajstić information content (AvgIpc) is 2.97. The van der Waals surface area contributed by atoms with Crippen molar-refractivity contribution in [2.75, 3.05) is 42.3 Å². The fourth-order valence-electron chi connectivity index (χ4n) is 4.27. The number of halogens is 2. The summed E-state index contributed by atoms with van der Waals surface area (Å²) in [4.78, 5) is 21.4. The van der Waals surface area contributed by atoms with Gasteiger partial charge in [0, 0.05) is 52.6 Å². The predicted octanol–water partition coefficient (Wildman–Crippen LogP) is 6.01. The molecular formula is C30H27F2N5O2S. The van der Waals surface area contributed by atoms with Crippen molar-refractivity contribution in [3.8, 4) is 11.1 Å². The first-order valence-electron chi connectivity index (χ1n) is 12.6. The van der Waals surface area contributed by atoms with Crippen LogP contribution in [-0.2, 0) is 4.74 Å². The van der Waals surface area contributed by atoms with E-state index in [1.54, 1.807) is 12.3 Å². The molecule has 10 heteroatoms. The number of aromatic amines is 1. The molecule has 0 spiro atoms. The molecule has 40 heavy (non-hydrogen) atoms. The summed E-state index contributed by atoms with van der Waals surface area (Å²) in [5.74, 6) is -0.420. The van der Waals surface area contributed by atoms with Gasteiger partial charge in [-0.05, 0) is 66.2 Å². The SMILES string of the molecule is Fc1ccc(S)c(F)c1.Nc1cc(-c2ccc3nc(Nc4cccc(N5CCOCC5)c4)ccc3c2)c[nH]c1=O. The third-order valence-electron chi connectivity index (χ3n) is 6.36. The molecule has 0 saturated carbocycles. The predicted molar refractivity (Wildman–Crippen MR) is 159 cm³/mol. The topological polar surface area (TPSA) is 96.3 Å². The van der Waals surface area contributed by atoms with Gasteiger partial charge in [0.15, 0.2) is 0 Å². The third-order valence-corrected chi connectivity index (χ3v) is 6.72. The number of nitrogens with zero attached hydrogens (tertiary/aromatic N) is 2. The van der Waals surface area contributed by atoms with Gasteiger partial charge in [0.25, 0.3) is 5.56 Å². The van der Waals surface area contributed by atoms with Crippen molar-refractivity contribution >= 4 is 46.4 Å². The first-order chi connectivity index (χ1) is 19.4. The van der Waals surface area contributed by atoms with Crippen LogP contribution >= 0.6 is 12.6 Å². The van der Waals surface area contributed by atoms with Gasteiger partial charge in [0.2, 0.25) is 0 Å². The summed E-state index contributed by atoms with van der Waals surface area (Å²) in [6.45, 7) is 3.33. The van der Waals surface area contributed by atoms with Crippen molar-refractivity contribution in [1.29, 1.82) is 0 Å². The summed E-state index contributed by atoms with van der Waals surface area (Å²) in [5.41, 5.74) is 10.6. The molecule has 2 aromatic heterocycles. The molecule has 1 aliphatic heterocycles. The molecule has 3 aromatic carbocycles. The molecule has 0 amide bonds. The number of hydrogen-bond donors (Lipinski definition) is 4. The molecular weight excluding hydrogens is 532 g/mol. The molecule has 1 fully saturated rings. The number of rotatable bonds is 4. The lowest BCUT2D eigenvalue weighted by Crippen LogP contribution is -2.36. The monoisotopic (exact) mass is 559 g/mol. The number of H-pyrrole nitrogens is 1. The van der Waals surface area contributed by atoms with E-state index in [4.69, 9.17) is 15.5 Å². The number of thiol groups is 1. The second-order valence-corrected chi connectivity index (χ2v) is 9.63. The maximum absolute atomic E-state index is 12.3. The van der Waals surface area contributed by atoms with Crippen molar-refractivity contribution in [2.24, 2.45) is 0 Å². The van der Waals surface area contributed by atoms with Crippen molar-refractivity contribution in [3.63, 3.8) is 0 Å². The number of nitrogen functional groups attached to an aromatic ring is 1. The molecule has 1 aliphatic rings. The second kappa shape index (κ2) is 12.2. The van der Waals surface area contributed by atoms with Crippen LogP contribution in [0.4, 0.5) is 31.7 Å². The number of morpholine rings is 1. The van der Waals surface area contributed by atoms with Crippen LogP contribution in [0.5, 0.6) is 0 Å². The van der Waals surface area contributed by atoms with E-state index in [1.165, 1.54) is 11.8 Å². The number of aromatic nitrogens is 2. The van der Waals surface area contributed by atoms with E-state index >= 15 is 0 Å². The zero-order valence-electron chi connectivity index (χ0n) is 21.4. The Balaban J connectivity index is 0.000000306. The van der Waals surface area contributed by atoms with Crippen LogP contribution < -0.4 is 21.5 Å². The maximum Gasteiger partial charge on any atom is 0.271 e. The number of ether oxygens (including phenoxy) is 1. The fourth-order valence-corrected chi connectivity index (χ4v) is 4.41. The molecule has 0 atom stereocenters. The smallest absolute Gasteiger partial charge is 0.271 e. The number of fused-ring (bicyclic) bond motifs is 1. The number of nitrogens with two attached hydrogens (primary N) is 1. The summed E-state index contributed by atoms with van der Waals surface area (Å²) in [7, 11) is 0. The number of benzene rings is 3. The molecule has 4 N–H and O–H groups in total. The lowest BCUT2D eigenvalue weighted by molar-refractivity contribution is 0.122. The Kier molecular flexibility index (Phi) is 8.28. The highest BCUT2D eigenvalue weighted by molar-refractivity contribution is 7.80. The molecule has 1 saturated heterocycles. The quantitative estimate of drug-likeness (QED) is 0.202. The van der Waals surface area contributed by atoms with Gasteiger partial charge < -0.3 is 25.7 Å². The Morgan fingerprint density at radius 3 is 2.52 bits per heavy atom. The summed E-state index contributed by atoms with van der Waals surface area (Å²) in [6.07, 6.45) is 1.67. The van der Waals surface area contributed by atoms with Crippen LogP contribution in [0.1, 0.15) is 0 Å². The molecule has 0 radical (unpaired) electrons. The van der Waals surface area contributed by atoms with E-state index in [0.29, 0.717) is 0 Å². The highest BCUT2D eigenvalue weighted by atomic mass is 32.1. The fraction of sp³-hybridized carbons (Fsp3) is 0.133. The zero-order chi connectivity index (χ0) is 28.1. The second-order valence-electron chi connectivity index (χ2n) is 9.15. The largest absolute Gasteiger partial charge is 0.394 e. The van der Waals surface area contributed by atoms with Crippen LogP contribution in [0, 0.1) is 11.6 Å². The van der Waals surface area contributed by atoms with E-state index in [2.05, 4.69) is 46.0 Å². The van der Waals surface area contributed by atoms with Gasteiger partial charge in [-0.2, -0.15) is 0 Å². The summed E-state index contributed by atoms with van der Waals surface area (Å²) < 4.78 is 29.8. The molecule has 204 valence electrons. The van der Waals surface area contributed by atoms with Crippen molar-refractivity contribution in [1.82, 2.24) is 9.97 Å². The highest BCUT2D eigenvalue weighted by Crippen LogP contribution is 2.27. The maximum atomic E-state index is 12.3. The lowest BCUT2D eigenvalue weighted by atomic mass is 10.0. The Morgan fingerprint density at radius 2 is 1.77 bits per heavy atom. The Hall–Kier alpha value is -4.41. The first kappa shape index (κ1) is 27.2. The van der Waals surface area contributed by atoms with E-state index < -0.39 is 11.6 Å².